The number of halogens is 1. The van der Waals surface area contributed by atoms with Crippen LogP contribution in [0.3, 0.4) is 0 Å². The average molecular weight is 421 g/mol. The summed E-state index contributed by atoms with van der Waals surface area (Å²) in [5.41, 5.74) is 2.54. The molecule has 1 fully saturated rings. The molecule has 1 aliphatic heterocycles. The molecule has 154 valence electrons. The lowest BCUT2D eigenvalue weighted by Gasteiger charge is -2.39. The number of carbonyl (C=O) groups is 1. The summed E-state index contributed by atoms with van der Waals surface area (Å²) in [7, 11) is 0. The number of hydrogen-bond acceptors (Lipinski definition) is 3. The van der Waals surface area contributed by atoms with E-state index in [2.05, 4.69) is 53.4 Å². The van der Waals surface area contributed by atoms with Gasteiger partial charge in [0.1, 0.15) is 5.75 Å². The Bertz CT molecular complexity index is 918. The Morgan fingerprint density at radius 1 is 0.800 bits per heavy atom. The topological polar surface area (TPSA) is 32.8 Å². The summed E-state index contributed by atoms with van der Waals surface area (Å²) >= 11 is 6.11. The molecule has 1 heterocycles. The van der Waals surface area contributed by atoms with Crippen molar-refractivity contribution in [3.8, 4) is 5.75 Å². The summed E-state index contributed by atoms with van der Waals surface area (Å²) in [5, 5.41) is 0.517. The first-order valence-corrected chi connectivity index (χ1v) is 10.6. The summed E-state index contributed by atoms with van der Waals surface area (Å²) in [6.07, 6.45) is 0. The number of benzene rings is 3. The van der Waals surface area contributed by atoms with Gasteiger partial charge in [-0.1, -0.05) is 84.4 Å². The van der Waals surface area contributed by atoms with Gasteiger partial charge >= 0.3 is 0 Å². The molecular weight excluding hydrogens is 396 g/mol. The van der Waals surface area contributed by atoms with Crippen molar-refractivity contribution in [1.82, 2.24) is 9.80 Å². The number of carbonyl (C=O) groups excluding carboxylic acids is 1. The van der Waals surface area contributed by atoms with Crippen LogP contribution in [0.4, 0.5) is 0 Å². The summed E-state index contributed by atoms with van der Waals surface area (Å²) < 4.78 is 5.63. The van der Waals surface area contributed by atoms with Crippen molar-refractivity contribution in [3.05, 3.63) is 101 Å². The molecule has 0 bridgehead atoms. The molecule has 0 spiro atoms. The van der Waals surface area contributed by atoms with Crippen LogP contribution in [-0.4, -0.2) is 48.5 Å². The molecule has 5 heteroatoms. The highest BCUT2D eigenvalue weighted by molar-refractivity contribution is 6.32. The molecule has 3 aromatic rings. The van der Waals surface area contributed by atoms with Crippen LogP contribution in [0.1, 0.15) is 17.2 Å². The fourth-order valence-electron chi connectivity index (χ4n) is 3.91. The fourth-order valence-corrected chi connectivity index (χ4v) is 4.10. The zero-order valence-corrected chi connectivity index (χ0v) is 17.5. The van der Waals surface area contributed by atoms with E-state index in [4.69, 9.17) is 16.3 Å². The Morgan fingerprint density at radius 2 is 1.33 bits per heavy atom. The van der Waals surface area contributed by atoms with Gasteiger partial charge < -0.3 is 9.64 Å². The predicted octanol–water partition coefficient (Wildman–Crippen LogP) is 4.65. The minimum atomic E-state index is -0.00876. The quantitative estimate of drug-likeness (QED) is 0.581. The normalized spacial score (nSPS) is 14.7. The molecule has 1 amide bonds. The van der Waals surface area contributed by atoms with Gasteiger partial charge in [-0.15, -0.1) is 0 Å². The second-order valence-electron chi connectivity index (χ2n) is 7.36. The molecule has 3 aromatic carbocycles. The van der Waals surface area contributed by atoms with E-state index in [-0.39, 0.29) is 18.6 Å². The van der Waals surface area contributed by atoms with Crippen LogP contribution in [0.2, 0.25) is 5.02 Å². The van der Waals surface area contributed by atoms with E-state index in [9.17, 15) is 4.79 Å². The van der Waals surface area contributed by atoms with Gasteiger partial charge in [0.25, 0.3) is 5.91 Å². The van der Waals surface area contributed by atoms with Crippen LogP contribution in [0, 0.1) is 0 Å². The first-order valence-electron chi connectivity index (χ1n) is 10.2. The van der Waals surface area contributed by atoms with Gasteiger partial charge in [0.05, 0.1) is 11.1 Å². The van der Waals surface area contributed by atoms with Gasteiger partial charge in [0, 0.05) is 26.2 Å². The van der Waals surface area contributed by atoms with E-state index < -0.39 is 0 Å². The van der Waals surface area contributed by atoms with E-state index in [0.717, 1.165) is 13.1 Å². The highest BCUT2D eigenvalue weighted by Gasteiger charge is 2.28. The Kier molecular flexibility index (Phi) is 6.67. The smallest absolute Gasteiger partial charge is 0.260 e. The Hall–Kier alpha value is -2.82. The van der Waals surface area contributed by atoms with Crippen LogP contribution < -0.4 is 4.74 Å². The van der Waals surface area contributed by atoms with E-state index in [0.29, 0.717) is 23.9 Å². The molecule has 0 aliphatic carbocycles. The minimum Gasteiger partial charge on any atom is -0.482 e. The molecule has 4 nitrogen and oxygen atoms in total. The zero-order valence-electron chi connectivity index (χ0n) is 16.8. The highest BCUT2D eigenvalue weighted by atomic mass is 35.5. The third-order valence-corrected chi connectivity index (χ3v) is 5.76. The van der Waals surface area contributed by atoms with Gasteiger partial charge in [0.15, 0.2) is 6.61 Å². The first-order chi connectivity index (χ1) is 14.7. The maximum absolute atomic E-state index is 12.6. The lowest BCUT2D eigenvalue weighted by Crippen LogP contribution is -2.51. The summed E-state index contributed by atoms with van der Waals surface area (Å²) in [5.74, 6) is 0.532. The van der Waals surface area contributed by atoms with Crippen LogP contribution >= 0.6 is 11.6 Å². The van der Waals surface area contributed by atoms with E-state index in [1.54, 1.807) is 12.1 Å². The second kappa shape index (κ2) is 9.79. The summed E-state index contributed by atoms with van der Waals surface area (Å²) in [6, 6.07) is 28.5. The van der Waals surface area contributed by atoms with Crippen molar-refractivity contribution in [2.45, 2.75) is 6.04 Å². The third kappa shape index (κ3) is 4.84. The lowest BCUT2D eigenvalue weighted by molar-refractivity contribution is -0.135. The number of nitrogens with zero attached hydrogens (tertiary/aromatic N) is 2. The molecule has 0 saturated carbocycles. The molecule has 4 rings (SSSR count). The van der Waals surface area contributed by atoms with E-state index in [1.807, 2.05) is 29.2 Å². The van der Waals surface area contributed by atoms with Crippen LogP contribution in [-0.2, 0) is 4.79 Å². The number of para-hydroxylation sites is 1. The van der Waals surface area contributed by atoms with Crippen molar-refractivity contribution in [2.75, 3.05) is 32.8 Å². The van der Waals surface area contributed by atoms with Crippen molar-refractivity contribution < 1.29 is 9.53 Å². The van der Waals surface area contributed by atoms with Crippen LogP contribution in [0.25, 0.3) is 0 Å². The SMILES string of the molecule is O=C(COc1ccccc1Cl)N1CCN(C(c2ccccc2)c2ccccc2)CC1. The van der Waals surface area contributed by atoms with Gasteiger partial charge in [-0.2, -0.15) is 0 Å². The zero-order chi connectivity index (χ0) is 20.8. The summed E-state index contributed by atoms with van der Waals surface area (Å²) in [6.45, 7) is 2.99. The average Bonchev–Trinajstić information content (AvgIpc) is 2.80. The monoisotopic (exact) mass is 420 g/mol. The number of rotatable bonds is 6. The largest absolute Gasteiger partial charge is 0.482 e. The van der Waals surface area contributed by atoms with E-state index in [1.165, 1.54) is 11.1 Å². The van der Waals surface area contributed by atoms with Crippen LogP contribution in [0.15, 0.2) is 84.9 Å². The van der Waals surface area contributed by atoms with Crippen LogP contribution in [0.5, 0.6) is 5.75 Å². The van der Waals surface area contributed by atoms with Gasteiger partial charge in [-0.05, 0) is 23.3 Å². The molecule has 1 saturated heterocycles. The van der Waals surface area contributed by atoms with Crippen molar-refractivity contribution >= 4 is 17.5 Å². The minimum absolute atomic E-state index is 0.00450. The molecule has 0 atom stereocenters. The maximum atomic E-state index is 12.6. The number of ether oxygens (including phenoxy) is 1. The Labute approximate surface area is 182 Å². The van der Waals surface area contributed by atoms with Crippen molar-refractivity contribution in [3.63, 3.8) is 0 Å². The first kappa shape index (κ1) is 20.5. The van der Waals surface area contributed by atoms with Crippen molar-refractivity contribution in [2.24, 2.45) is 0 Å². The van der Waals surface area contributed by atoms with Gasteiger partial charge in [-0.25, -0.2) is 0 Å². The molecule has 0 radical (unpaired) electrons. The Balaban J connectivity index is 1.40. The third-order valence-electron chi connectivity index (χ3n) is 5.45. The molecular formula is C25H25ClN2O2. The van der Waals surface area contributed by atoms with Gasteiger partial charge in [0.2, 0.25) is 0 Å². The fraction of sp³-hybridized carbons (Fsp3) is 0.240. The highest BCUT2D eigenvalue weighted by Crippen LogP contribution is 2.29. The molecule has 1 aliphatic rings. The number of amides is 1. The van der Waals surface area contributed by atoms with E-state index >= 15 is 0 Å². The predicted molar refractivity (Wildman–Crippen MR) is 120 cm³/mol. The number of hydrogen-bond donors (Lipinski definition) is 0. The second-order valence-corrected chi connectivity index (χ2v) is 7.77. The van der Waals surface area contributed by atoms with Gasteiger partial charge in [-0.3, -0.25) is 9.69 Å². The molecule has 30 heavy (non-hydrogen) atoms. The van der Waals surface area contributed by atoms with Crippen molar-refractivity contribution in [1.29, 1.82) is 0 Å². The lowest BCUT2D eigenvalue weighted by atomic mass is 9.96. The Morgan fingerprint density at radius 3 is 1.90 bits per heavy atom. The summed E-state index contributed by atoms with van der Waals surface area (Å²) in [4.78, 5) is 17.0. The molecule has 0 aromatic heterocycles. The standard InChI is InChI=1S/C25H25ClN2O2/c26-22-13-7-8-14-23(22)30-19-24(29)27-15-17-28(18-16-27)25(20-9-3-1-4-10-20)21-11-5-2-6-12-21/h1-14,25H,15-19H2. The molecule has 0 N–H and O–H groups in total. The molecule has 0 unspecified atom stereocenters. The number of piperazine rings is 1. The maximum Gasteiger partial charge on any atom is 0.260 e.